The van der Waals surface area contributed by atoms with Crippen LogP contribution in [0, 0.1) is 17.7 Å². The van der Waals surface area contributed by atoms with Crippen LogP contribution in [0.5, 0.6) is 0 Å². The maximum Gasteiger partial charge on any atom is 0.254 e. The van der Waals surface area contributed by atoms with Crippen LogP contribution in [0.4, 0.5) is 4.39 Å². The number of hydrogen-bond donors (Lipinski definition) is 2. The summed E-state index contributed by atoms with van der Waals surface area (Å²) in [5.41, 5.74) is 5.55. The smallest absolute Gasteiger partial charge is 0.254 e. The first-order valence-corrected chi connectivity index (χ1v) is 6.50. The van der Waals surface area contributed by atoms with Crippen molar-refractivity contribution in [1.82, 2.24) is 10.2 Å². The van der Waals surface area contributed by atoms with Gasteiger partial charge in [-0.05, 0) is 25.1 Å². The van der Waals surface area contributed by atoms with Crippen molar-refractivity contribution < 1.29 is 14.0 Å². The van der Waals surface area contributed by atoms with Gasteiger partial charge in [0.25, 0.3) is 5.91 Å². The predicted octanol–water partition coefficient (Wildman–Crippen LogP) is 0.344. The van der Waals surface area contributed by atoms with Crippen molar-refractivity contribution in [3.05, 3.63) is 35.1 Å². The van der Waals surface area contributed by atoms with E-state index >= 15 is 0 Å². The minimum Gasteiger partial charge on any atom is -0.345 e. The summed E-state index contributed by atoms with van der Waals surface area (Å²) in [5, 5.41) is 2.39. The third kappa shape index (κ3) is 4.89. The van der Waals surface area contributed by atoms with E-state index in [0.29, 0.717) is 12.1 Å². The number of halogens is 1. The molecule has 6 heteroatoms. The fourth-order valence-corrected chi connectivity index (χ4v) is 1.49. The lowest BCUT2D eigenvalue weighted by Crippen LogP contribution is -2.38. The molecule has 0 spiro atoms. The Kier molecular flexibility index (Phi) is 6.37. The highest BCUT2D eigenvalue weighted by Gasteiger charge is 2.14. The van der Waals surface area contributed by atoms with Gasteiger partial charge in [-0.25, -0.2) is 4.39 Å². The summed E-state index contributed by atoms with van der Waals surface area (Å²) in [4.78, 5) is 24.8. The molecule has 0 aliphatic rings. The molecule has 1 aromatic carbocycles. The Morgan fingerprint density at radius 2 is 2.14 bits per heavy atom. The topological polar surface area (TPSA) is 75.4 Å². The zero-order valence-electron chi connectivity index (χ0n) is 12.1. The van der Waals surface area contributed by atoms with Gasteiger partial charge in [-0.2, -0.15) is 0 Å². The number of nitrogens with zero attached hydrogens (tertiary/aromatic N) is 1. The van der Waals surface area contributed by atoms with Crippen LogP contribution in [0.1, 0.15) is 22.8 Å². The Labute approximate surface area is 123 Å². The van der Waals surface area contributed by atoms with E-state index in [1.165, 1.54) is 17.0 Å². The normalized spacial score (nSPS) is 9.52. The monoisotopic (exact) mass is 291 g/mol. The molecule has 0 fully saturated rings. The second-order valence-corrected chi connectivity index (χ2v) is 4.29. The van der Waals surface area contributed by atoms with Gasteiger partial charge in [0.05, 0.1) is 18.7 Å². The van der Waals surface area contributed by atoms with E-state index in [2.05, 4.69) is 17.2 Å². The molecular formula is C15H18FN3O2. The SMILES string of the molecule is CCN(C)C(=O)CNC(=O)c1ccc(C#CCN)cc1F. The molecule has 5 nitrogen and oxygen atoms in total. The Bertz CT molecular complexity index is 590. The van der Waals surface area contributed by atoms with Crippen molar-refractivity contribution in [2.24, 2.45) is 5.73 Å². The maximum absolute atomic E-state index is 13.8. The molecule has 0 radical (unpaired) electrons. The van der Waals surface area contributed by atoms with E-state index in [1.54, 1.807) is 7.05 Å². The highest BCUT2D eigenvalue weighted by atomic mass is 19.1. The summed E-state index contributed by atoms with van der Waals surface area (Å²) in [6.45, 7) is 2.37. The maximum atomic E-state index is 13.8. The van der Waals surface area contributed by atoms with Crippen molar-refractivity contribution in [3.8, 4) is 11.8 Å². The van der Waals surface area contributed by atoms with Crippen LogP contribution in [0.15, 0.2) is 18.2 Å². The predicted molar refractivity (Wildman–Crippen MR) is 78.0 cm³/mol. The number of carbonyl (C=O) groups is 2. The summed E-state index contributed by atoms with van der Waals surface area (Å²) in [5.74, 6) is 3.71. The molecule has 0 unspecified atom stereocenters. The Balaban J connectivity index is 2.73. The number of benzene rings is 1. The molecule has 0 saturated carbocycles. The van der Waals surface area contributed by atoms with Gasteiger partial charge in [0.15, 0.2) is 0 Å². The summed E-state index contributed by atoms with van der Waals surface area (Å²) in [6, 6.07) is 4.03. The van der Waals surface area contributed by atoms with Crippen LogP contribution in [-0.4, -0.2) is 43.4 Å². The first-order chi connectivity index (χ1) is 9.99. The van der Waals surface area contributed by atoms with Crippen LogP contribution in [0.25, 0.3) is 0 Å². The molecule has 21 heavy (non-hydrogen) atoms. The molecule has 1 rings (SSSR count). The number of carbonyl (C=O) groups excluding carboxylic acids is 2. The molecule has 112 valence electrons. The van der Waals surface area contributed by atoms with Gasteiger partial charge in [0.1, 0.15) is 5.82 Å². The Morgan fingerprint density at radius 1 is 1.43 bits per heavy atom. The lowest BCUT2D eigenvalue weighted by molar-refractivity contribution is -0.128. The Morgan fingerprint density at radius 3 is 2.71 bits per heavy atom. The van der Waals surface area contributed by atoms with Gasteiger partial charge in [0.2, 0.25) is 5.91 Å². The zero-order valence-corrected chi connectivity index (χ0v) is 12.1. The van der Waals surface area contributed by atoms with Crippen LogP contribution in [0.2, 0.25) is 0 Å². The van der Waals surface area contributed by atoms with Gasteiger partial charge < -0.3 is 16.0 Å². The third-order valence-electron chi connectivity index (χ3n) is 2.85. The molecule has 0 saturated heterocycles. The van der Waals surface area contributed by atoms with Crippen molar-refractivity contribution in [1.29, 1.82) is 0 Å². The highest BCUT2D eigenvalue weighted by Crippen LogP contribution is 2.09. The highest BCUT2D eigenvalue weighted by molar-refractivity contribution is 5.96. The van der Waals surface area contributed by atoms with Crippen molar-refractivity contribution in [2.45, 2.75) is 6.92 Å². The molecule has 0 aromatic heterocycles. The van der Waals surface area contributed by atoms with Crippen LogP contribution < -0.4 is 11.1 Å². The second-order valence-electron chi connectivity index (χ2n) is 4.29. The molecule has 3 N–H and O–H groups in total. The molecule has 0 bridgehead atoms. The Hall–Kier alpha value is -2.39. The molecule has 0 atom stereocenters. The summed E-state index contributed by atoms with van der Waals surface area (Å²) < 4.78 is 13.8. The standard InChI is InChI=1S/C15H18FN3O2/c1-3-19(2)14(20)10-18-15(21)12-7-6-11(5-4-8-17)9-13(12)16/h6-7,9H,3,8,10,17H2,1-2H3,(H,18,21). The molecule has 0 aliphatic carbocycles. The minimum absolute atomic E-state index is 0.125. The van der Waals surface area contributed by atoms with Gasteiger partial charge in [0, 0.05) is 19.2 Å². The van der Waals surface area contributed by atoms with Crippen LogP contribution in [-0.2, 0) is 4.79 Å². The van der Waals surface area contributed by atoms with E-state index in [9.17, 15) is 14.0 Å². The number of hydrogen-bond acceptors (Lipinski definition) is 3. The number of amides is 2. The molecule has 0 heterocycles. The van der Waals surface area contributed by atoms with E-state index in [-0.39, 0.29) is 24.6 Å². The zero-order chi connectivity index (χ0) is 15.8. The summed E-state index contributed by atoms with van der Waals surface area (Å²) in [7, 11) is 1.62. The van der Waals surface area contributed by atoms with Gasteiger partial charge in [-0.3, -0.25) is 9.59 Å². The lowest BCUT2D eigenvalue weighted by atomic mass is 10.1. The molecular weight excluding hydrogens is 273 g/mol. The average Bonchev–Trinajstić information content (AvgIpc) is 2.49. The molecule has 2 amide bonds. The molecule has 1 aromatic rings. The number of nitrogens with two attached hydrogens (primary N) is 1. The molecule has 0 aliphatic heterocycles. The summed E-state index contributed by atoms with van der Waals surface area (Å²) >= 11 is 0. The van der Waals surface area contributed by atoms with E-state index in [4.69, 9.17) is 5.73 Å². The largest absolute Gasteiger partial charge is 0.345 e. The van der Waals surface area contributed by atoms with Gasteiger partial charge in [-0.1, -0.05) is 11.8 Å². The van der Waals surface area contributed by atoms with Crippen molar-refractivity contribution >= 4 is 11.8 Å². The fourth-order valence-electron chi connectivity index (χ4n) is 1.49. The van der Waals surface area contributed by atoms with Gasteiger partial charge >= 0.3 is 0 Å². The van der Waals surface area contributed by atoms with Crippen molar-refractivity contribution in [2.75, 3.05) is 26.7 Å². The van der Waals surface area contributed by atoms with Crippen molar-refractivity contribution in [3.63, 3.8) is 0 Å². The van der Waals surface area contributed by atoms with E-state index in [0.717, 1.165) is 6.07 Å². The van der Waals surface area contributed by atoms with Crippen LogP contribution in [0.3, 0.4) is 0 Å². The quantitative estimate of drug-likeness (QED) is 0.786. The third-order valence-corrected chi connectivity index (χ3v) is 2.85. The number of rotatable bonds is 4. The van der Waals surface area contributed by atoms with E-state index in [1.807, 2.05) is 6.92 Å². The first kappa shape index (κ1) is 16.7. The fraction of sp³-hybridized carbons (Fsp3) is 0.333. The first-order valence-electron chi connectivity index (χ1n) is 6.50. The average molecular weight is 291 g/mol. The van der Waals surface area contributed by atoms with Gasteiger partial charge in [-0.15, -0.1) is 0 Å². The summed E-state index contributed by atoms with van der Waals surface area (Å²) in [6.07, 6.45) is 0. The van der Waals surface area contributed by atoms with E-state index < -0.39 is 11.7 Å². The minimum atomic E-state index is -0.687. The number of likely N-dealkylation sites (N-methyl/N-ethyl adjacent to an activating group) is 1. The number of nitrogens with one attached hydrogen (secondary N) is 1. The lowest BCUT2D eigenvalue weighted by Gasteiger charge is -2.14. The second kappa shape index (κ2) is 8.02. The van der Waals surface area contributed by atoms with Crippen LogP contribution >= 0.6 is 0 Å².